The monoisotopic (exact) mass is 430 g/mol. The SMILES string of the molecule is CC(C)(C)OC(=O)N1CCC(CC(=O)[C@@H]2CC[C@@H](COCc3ccccc3)CN2)CC1. The third-order valence-corrected chi connectivity index (χ3v) is 6.13. The second kappa shape index (κ2) is 11.1. The van der Waals surface area contributed by atoms with Gasteiger partial charge in [0.1, 0.15) is 11.4 Å². The van der Waals surface area contributed by atoms with Crippen molar-refractivity contribution in [2.75, 3.05) is 26.2 Å². The number of ether oxygens (including phenoxy) is 2. The molecular formula is C25H38N2O4. The highest BCUT2D eigenvalue weighted by Crippen LogP contribution is 2.25. The Morgan fingerprint density at radius 1 is 1.03 bits per heavy atom. The zero-order valence-corrected chi connectivity index (χ0v) is 19.3. The number of amides is 1. The van der Waals surface area contributed by atoms with Crippen LogP contribution in [-0.4, -0.2) is 54.7 Å². The lowest BCUT2D eigenvalue weighted by atomic mass is 9.86. The summed E-state index contributed by atoms with van der Waals surface area (Å²) >= 11 is 0. The Hall–Kier alpha value is -1.92. The smallest absolute Gasteiger partial charge is 0.410 e. The number of nitrogens with zero attached hydrogens (tertiary/aromatic N) is 1. The van der Waals surface area contributed by atoms with Crippen molar-refractivity contribution in [2.45, 2.75) is 71.1 Å². The standard InChI is InChI=1S/C25H38N2O4/c1-25(2,3)31-24(29)27-13-11-19(12-14-27)15-23(28)22-10-9-21(16-26-22)18-30-17-20-7-5-4-6-8-20/h4-8,19,21-22,26H,9-18H2,1-3H3/t21-,22+/m1/s1. The molecular weight excluding hydrogens is 392 g/mol. The quantitative estimate of drug-likeness (QED) is 0.703. The molecule has 0 spiro atoms. The van der Waals surface area contributed by atoms with Crippen molar-refractivity contribution >= 4 is 11.9 Å². The number of Topliss-reactive ketones (excluding diaryl/α,β-unsaturated/α-hetero) is 1. The lowest BCUT2D eigenvalue weighted by Gasteiger charge is -2.34. The van der Waals surface area contributed by atoms with Crippen molar-refractivity contribution < 1.29 is 19.1 Å². The minimum absolute atomic E-state index is 0.0331. The highest BCUT2D eigenvalue weighted by molar-refractivity contribution is 5.84. The van der Waals surface area contributed by atoms with Crippen LogP contribution in [0.25, 0.3) is 0 Å². The first-order valence-corrected chi connectivity index (χ1v) is 11.7. The molecule has 0 radical (unpaired) electrons. The topological polar surface area (TPSA) is 67.9 Å². The van der Waals surface area contributed by atoms with Crippen molar-refractivity contribution in [3.05, 3.63) is 35.9 Å². The van der Waals surface area contributed by atoms with Gasteiger partial charge < -0.3 is 19.7 Å². The third-order valence-electron chi connectivity index (χ3n) is 6.13. The molecule has 6 nitrogen and oxygen atoms in total. The van der Waals surface area contributed by atoms with E-state index in [0.717, 1.165) is 38.8 Å². The number of likely N-dealkylation sites (tertiary alicyclic amines) is 1. The van der Waals surface area contributed by atoms with Gasteiger partial charge in [-0.2, -0.15) is 0 Å². The van der Waals surface area contributed by atoms with Gasteiger partial charge in [-0.25, -0.2) is 4.79 Å². The van der Waals surface area contributed by atoms with E-state index < -0.39 is 5.60 Å². The molecule has 0 unspecified atom stereocenters. The summed E-state index contributed by atoms with van der Waals surface area (Å²) < 4.78 is 11.3. The number of piperidine rings is 2. The van der Waals surface area contributed by atoms with E-state index in [1.165, 1.54) is 5.56 Å². The molecule has 2 heterocycles. The van der Waals surface area contributed by atoms with Crippen LogP contribution < -0.4 is 5.32 Å². The van der Waals surface area contributed by atoms with Crippen LogP contribution in [0.1, 0.15) is 58.4 Å². The van der Waals surface area contributed by atoms with E-state index in [9.17, 15) is 9.59 Å². The Kier molecular flexibility index (Phi) is 8.50. The van der Waals surface area contributed by atoms with E-state index in [0.29, 0.717) is 43.7 Å². The highest BCUT2D eigenvalue weighted by Gasteiger charge is 2.31. The zero-order chi connectivity index (χ0) is 22.3. The van der Waals surface area contributed by atoms with Gasteiger partial charge in [0, 0.05) is 26.1 Å². The van der Waals surface area contributed by atoms with Crippen LogP contribution in [0.2, 0.25) is 0 Å². The maximum absolute atomic E-state index is 12.8. The predicted molar refractivity (Wildman–Crippen MR) is 121 cm³/mol. The van der Waals surface area contributed by atoms with Crippen molar-refractivity contribution in [1.29, 1.82) is 0 Å². The summed E-state index contributed by atoms with van der Waals surface area (Å²) in [5.41, 5.74) is 0.720. The van der Waals surface area contributed by atoms with Crippen LogP contribution in [0.15, 0.2) is 30.3 Å². The Morgan fingerprint density at radius 2 is 1.74 bits per heavy atom. The molecule has 0 aromatic heterocycles. The maximum Gasteiger partial charge on any atom is 0.410 e. The molecule has 172 valence electrons. The summed E-state index contributed by atoms with van der Waals surface area (Å²) in [5, 5.41) is 3.45. The normalized spacial score (nSPS) is 22.9. The van der Waals surface area contributed by atoms with Gasteiger partial charge in [0.05, 0.1) is 19.3 Å². The van der Waals surface area contributed by atoms with E-state index in [2.05, 4.69) is 17.4 Å². The molecule has 2 fully saturated rings. The van der Waals surface area contributed by atoms with E-state index in [4.69, 9.17) is 9.47 Å². The van der Waals surface area contributed by atoms with Crippen LogP contribution in [-0.2, 0) is 20.9 Å². The van der Waals surface area contributed by atoms with Crippen LogP contribution in [0.4, 0.5) is 4.79 Å². The Balaban J connectivity index is 1.31. The number of hydrogen-bond acceptors (Lipinski definition) is 5. The van der Waals surface area contributed by atoms with Crippen LogP contribution in [0.3, 0.4) is 0 Å². The van der Waals surface area contributed by atoms with E-state index in [-0.39, 0.29) is 12.1 Å². The molecule has 1 N–H and O–H groups in total. The fraction of sp³-hybridized carbons (Fsp3) is 0.680. The molecule has 2 aliphatic rings. The molecule has 2 atom stereocenters. The van der Waals surface area contributed by atoms with Crippen molar-refractivity contribution in [3.8, 4) is 0 Å². The summed E-state index contributed by atoms with van der Waals surface area (Å²) in [6.07, 6.45) is 4.01. The Bertz CT molecular complexity index is 700. The van der Waals surface area contributed by atoms with Crippen LogP contribution in [0, 0.1) is 11.8 Å². The van der Waals surface area contributed by atoms with Gasteiger partial charge in [-0.1, -0.05) is 30.3 Å². The maximum atomic E-state index is 12.8. The van der Waals surface area contributed by atoms with Crippen molar-refractivity contribution in [3.63, 3.8) is 0 Å². The number of hydrogen-bond donors (Lipinski definition) is 1. The van der Waals surface area contributed by atoms with Crippen LogP contribution >= 0.6 is 0 Å². The van der Waals surface area contributed by atoms with Gasteiger partial charge in [-0.15, -0.1) is 0 Å². The summed E-state index contributed by atoms with van der Waals surface area (Å²) in [6, 6.07) is 10.2. The van der Waals surface area contributed by atoms with Gasteiger partial charge >= 0.3 is 6.09 Å². The molecule has 1 aromatic carbocycles. The minimum Gasteiger partial charge on any atom is -0.444 e. The average molecular weight is 431 g/mol. The first-order chi connectivity index (χ1) is 14.8. The predicted octanol–water partition coefficient (Wildman–Crippen LogP) is 4.18. The lowest BCUT2D eigenvalue weighted by Crippen LogP contribution is -2.46. The van der Waals surface area contributed by atoms with Crippen LogP contribution in [0.5, 0.6) is 0 Å². The third kappa shape index (κ3) is 7.93. The van der Waals surface area contributed by atoms with Gasteiger partial charge in [-0.05, 0) is 63.9 Å². The number of ketones is 1. The number of nitrogens with one attached hydrogen (secondary N) is 1. The second-order valence-corrected chi connectivity index (χ2v) is 9.99. The highest BCUT2D eigenvalue weighted by atomic mass is 16.6. The molecule has 0 bridgehead atoms. The summed E-state index contributed by atoms with van der Waals surface area (Å²) in [4.78, 5) is 26.7. The molecule has 1 amide bonds. The summed E-state index contributed by atoms with van der Waals surface area (Å²) in [7, 11) is 0. The molecule has 0 saturated carbocycles. The zero-order valence-electron chi connectivity index (χ0n) is 19.3. The van der Waals surface area contributed by atoms with E-state index in [1.54, 1.807) is 4.90 Å². The van der Waals surface area contributed by atoms with Crippen molar-refractivity contribution in [1.82, 2.24) is 10.2 Å². The molecule has 0 aliphatic carbocycles. The summed E-state index contributed by atoms with van der Waals surface area (Å²) in [6.45, 7) is 9.20. The minimum atomic E-state index is -0.471. The molecule has 2 saturated heterocycles. The fourth-order valence-corrected chi connectivity index (χ4v) is 4.32. The lowest BCUT2D eigenvalue weighted by molar-refractivity contribution is -0.123. The fourth-order valence-electron chi connectivity index (χ4n) is 4.32. The van der Waals surface area contributed by atoms with Gasteiger partial charge in [0.15, 0.2) is 0 Å². The van der Waals surface area contributed by atoms with Crippen molar-refractivity contribution in [2.24, 2.45) is 11.8 Å². The molecule has 6 heteroatoms. The molecule has 31 heavy (non-hydrogen) atoms. The molecule has 3 rings (SSSR count). The average Bonchev–Trinajstić information content (AvgIpc) is 2.74. The van der Waals surface area contributed by atoms with E-state index >= 15 is 0 Å². The number of benzene rings is 1. The first kappa shape index (κ1) is 23.7. The Labute approximate surface area is 186 Å². The number of rotatable bonds is 7. The number of carbonyl (C=O) groups is 2. The Morgan fingerprint density at radius 3 is 2.35 bits per heavy atom. The van der Waals surface area contributed by atoms with Gasteiger partial charge in [-0.3, -0.25) is 4.79 Å². The molecule has 2 aliphatic heterocycles. The largest absolute Gasteiger partial charge is 0.444 e. The number of carbonyl (C=O) groups excluding carboxylic acids is 2. The van der Waals surface area contributed by atoms with E-state index in [1.807, 2.05) is 39.0 Å². The second-order valence-electron chi connectivity index (χ2n) is 9.99. The first-order valence-electron chi connectivity index (χ1n) is 11.7. The molecule has 1 aromatic rings. The van der Waals surface area contributed by atoms with Gasteiger partial charge in [0.2, 0.25) is 0 Å². The van der Waals surface area contributed by atoms with Gasteiger partial charge in [0.25, 0.3) is 0 Å². The summed E-state index contributed by atoms with van der Waals surface area (Å²) in [5.74, 6) is 1.14.